The summed E-state index contributed by atoms with van der Waals surface area (Å²) >= 11 is 0. The smallest absolute Gasteiger partial charge is 0.0518 e. The molecule has 0 saturated carbocycles. The summed E-state index contributed by atoms with van der Waals surface area (Å²) < 4.78 is 0. The number of carboxylic acids is 1. The molecule has 0 amide bonds. The van der Waals surface area contributed by atoms with Crippen LogP contribution in [0.5, 0.6) is 0 Å². The van der Waals surface area contributed by atoms with Gasteiger partial charge in [-0.15, -0.1) is 0 Å². The van der Waals surface area contributed by atoms with E-state index in [9.17, 15) is 0 Å². The first-order valence-electron chi connectivity index (χ1n) is 2.60. The maximum Gasteiger partial charge on any atom is 0.0518 e. The Labute approximate surface area is 52.1 Å². The van der Waals surface area contributed by atoms with Crippen molar-refractivity contribution in [3.05, 3.63) is 0 Å². The molecule has 0 saturated heterocycles. The zero-order valence-corrected chi connectivity index (χ0v) is 6.76. The second kappa shape index (κ2) is 10.0. The molecule has 0 aliphatic heterocycles. The molecule has 2 nitrogen and oxygen atoms in total. The van der Waals surface area contributed by atoms with Crippen LogP contribution in [-0.2, 0) is 4.79 Å². The van der Waals surface area contributed by atoms with E-state index in [-0.39, 0.29) is 0 Å². The van der Waals surface area contributed by atoms with E-state index in [2.05, 4.69) is 13.6 Å². The van der Waals surface area contributed by atoms with Crippen molar-refractivity contribution in [3.8, 4) is 0 Å². The molecule has 0 bridgehead atoms. The summed E-state index contributed by atoms with van der Waals surface area (Å²) in [6.45, 7) is 5.45. The van der Waals surface area contributed by atoms with Crippen molar-refractivity contribution in [2.24, 2.45) is 0 Å². The van der Waals surface area contributed by atoms with Crippen LogP contribution >= 0.6 is 8.58 Å². The molecular formula is C5H13O2P. The number of carbonyl (C=O) groups is 1. The van der Waals surface area contributed by atoms with Gasteiger partial charge in [0, 0.05) is 12.6 Å². The van der Waals surface area contributed by atoms with E-state index in [1.807, 2.05) is 0 Å². The predicted molar refractivity (Wildman–Crippen MR) is 36.9 cm³/mol. The molecule has 1 unspecified atom stereocenters. The Kier molecular flexibility index (Phi) is 13.5. The molecule has 0 aromatic heterocycles. The lowest BCUT2D eigenvalue weighted by atomic mass is 10.9. The maximum absolute atomic E-state index is 8.89. The Morgan fingerprint density at radius 2 is 1.88 bits per heavy atom. The molecular weight excluding hydrogens is 123 g/mol. The lowest BCUT2D eigenvalue weighted by Crippen LogP contribution is -2.16. The second-order valence-corrected chi connectivity index (χ2v) is 2.94. The summed E-state index contributed by atoms with van der Waals surface area (Å²) in [4.78, 5) is 8.89. The molecule has 0 fully saturated rings. The molecule has 0 spiro atoms. The molecule has 0 aliphatic rings. The highest BCUT2D eigenvalue weighted by atomic mass is 31.1. The molecule has 8 heavy (non-hydrogen) atoms. The van der Waals surface area contributed by atoms with Crippen molar-refractivity contribution in [2.45, 2.75) is 13.8 Å². The highest BCUT2D eigenvalue weighted by molar-refractivity contribution is 7.36. The Morgan fingerprint density at radius 1 is 1.75 bits per heavy atom. The van der Waals surface area contributed by atoms with E-state index in [1.54, 1.807) is 0 Å². The SMILES string of the molecule is CC(=O)[O-].CC[PH2+]C. The molecule has 0 N–H and O–H groups in total. The van der Waals surface area contributed by atoms with E-state index in [0.717, 1.165) is 15.5 Å². The third-order valence-corrected chi connectivity index (χ3v) is 1.22. The van der Waals surface area contributed by atoms with E-state index in [0.29, 0.717) is 0 Å². The highest BCUT2D eigenvalue weighted by Crippen LogP contribution is 1.95. The molecule has 0 radical (unpaired) electrons. The third-order valence-electron chi connectivity index (χ3n) is 0.408. The number of aliphatic carboxylic acids is 1. The normalized spacial score (nSPS) is 8.38. The van der Waals surface area contributed by atoms with Gasteiger partial charge in [0.2, 0.25) is 0 Å². The minimum absolute atomic E-state index is 0.782. The van der Waals surface area contributed by atoms with Crippen LogP contribution in [0, 0.1) is 0 Å². The van der Waals surface area contributed by atoms with Crippen molar-refractivity contribution in [1.29, 1.82) is 0 Å². The first-order chi connectivity index (χ1) is 3.65. The zero-order chi connectivity index (χ0) is 6.99. The minimum Gasteiger partial charge on any atom is -0.550 e. The van der Waals surface area contributed by atoms with Gasteiger partial charge < -0.3 is 9.90 Å². The monoisotopic (exact) mass is 136 g/mol. The molecule has 0 aromatic rings. The van der Waals surface area contributed by atoms with Crippen molar-refractivity contribution < 1.29 is 9.90 Å². The van der Waals surface area contributed by atoms with Crippen molar-refractivity contribution in [3.63, 3.8) is 0 Å². The quantitative estimate of drug-likeness (QED) is 0.468. The van der Waals surface area contributed by atoms with Crippen LogP contribution in [0.1, 0.15) is 13.8 Å². The predicted octanol–water partition coefficient (Wildman–Crippen LogP) is -0.197. The van der Waals surface area contributed by atoms with Crippen LogP contribution < -0.4 is 5.11 Å². The first kappa shape index (κ1) is 10.8. The van der Waals surface area contributed by atoms with Crippen LogP contribution in [0.25, 0.3) is 0 Å². The average molecular weight is 136 g/mol. The van der Waals surface area contributed by atoms with Gasteiger partial charge in [-0.2, -0.15) is 0 Å². The number of carboxylic acid groups (broad SMARTS) is 1. The second-order valence-electron chi connectivity index (χ2n) is 1.31. The lowest BCUT2D eigenvalue weighted by molar-refractivity contribution is -0.302. The average Bonchev–Trinajstić information content (AvgIpc) is 1.65. The van der Waals surface area contributed by atoms with E-state index >= 15 is 0 Å². The number of carbonyl (C=O) groups excluding carboxylic acids is 1. The largest absolute Gasteiger partial charge is 0.550 e. The molecule has 0 rings (SSSR count). The molecule has 0 heterocycles. The Hall–Kier alpha value is -0.100. The number of hydrogen-bond acceptors (Lipinski definition) is 2. The molecule has 1 atom stereocenters. The van der Waals surface area contributed by atoms with Crippen molar-refractivity contribution in [2.75, 3.05) is 12.8 Å². The Bertz CT molecular complexity index is 48.4. The summed E-state index contributed by atoms with van der Waals surface area (Å²) in [7, 11) is 0.782. The summed E-state index contributed by atoms with van der Waals surface area (Å²) in [6, 6.07) is 0. The Balaban J connectivity index is 0. The molecule has 0 aromatic carbocycles. The van der Waals surface area contributed by atoms with Crippen LogP contribution in [-0.4, -0.2) is 18.8 Å². The van der Waals surface area contributed by atoms with Gasteiger partial charge in [-0.3, -0.25) is 0 Å². The van der Waals surface area contributed by atoms with Crippen molar-refractivity contribution in [1.82, 2.24) is 0 Å². The van der Waals surface area contributed by atoms with Crippen LogP contribution in [0.4, 0.5) is 0 Å². The van der Waals surface area contributed by atoms with Crippen LogP contribution in [0.2, 0.25) is 0 Å². The summed E-state index contributed by atoms with van der Waals surface area (Å²) in [5.74, 6) is -1.08. The minimum atomic E-state index is -1.08. The van der Waals surface area contributed by atoms with Gasteiger partial charge in [-0.25, -0.2) is 0 Å². The fraction of sp³-hybridized carbons (Fsp3) is 0.800. The standard InChI is InChI=1S/C3H9P.C2H4O2/c1-3-4-2;1-2(3)4/h4H,3H2,1-2H3;1H3,(H,3,4). The summed E-state index contributed by atoms with van der Waals surface area (Å²) in [5, 5.41) is 8.89. The number of hydrogen-bond donors (Lipinski definition) is 0. The van der Waals surface area contributed by atoms with Gasteiger partial charge in [0.15, 0.2) is 0 Å². The van der Waals surface area contributed by atoms with Gasteiger partial charge in [-0.1, -0.05) is 0 Å². The lowest BCUT2D eigenvalue weighted by Gasteiger charge is -1.77. The first-order valence-corrected chi connectivity index (χ1v) is 4.57. The topological polar surface area (TPSA) is 40.1 Å². The highest BCUT2D eigenvalue weighted by Gasteiger charge is 1.63. The van der Waals surface area contributed by atoms with Gasteiger partial charge in [0.05, 0.1) is 6.16 Å². The van der Waals surface area contributed by atoms with Gasteiger partial charge in [-0.05, 0) is 22.4 Å². The number of rotatable bonds is 1. The fourth-order valence-electron chi connectivity index (χ4n) is 0. The van der Waals surface area contributed by atoms with Crippen LogP contribution in [0.15, 0.2) is 0 Å². The van der Waals surface area contributed by atoms with Gasteiger partial charge >= 0.3 is 0 Å². The van der Waals surface area contributed by atoms with Gasteiger partial charge in [0.1, 0.15) is 0 Å². The molecule has 0 aliphatic carbocycles. The zero-order valence-electron chi connectivity index (χ0n) is 5.60. The molecule has 50 valence electrons. The maximum atomic E-state index is 8.89. The Morgan fingerprint density at radius 3 is 1.88 bits per heavy atom. The van der Waals surface area contributed by atoms with E-state index < -0.39 is 5.97 Å². The molecule has 3 heteroatoms. The summed E-state index contributed by atoms with van der Waals surface area (Å²) in [5.41, 5.74) is 0. The van der Waals surface area contributed by atoms with E-state index in [4.69, 9.17) is 9.90 Å². The van der Waals surface area contributed by atoms with E-state index in [1.165, 1.54) is 6.16 Å². The third kappa shape index (κ3) is 175. The van der Waals surface area contributed by atoms with Crippen molar-refractivity contribution >= 4 is 14.6 Å². The summed E-state index contributed by atoms with van der Waals surface area (Å²) in [6.07, 6.45) is 1.40. The van der Waals surface area contributed by atoms with Crippen LogP contribution in [0.3, 0.4) is 0 Å². The fourth-order valence-corrected chi connectivity index (χ4v) is 0. The van der Waals surface area contributed by atoms with Gasteiger partial charge in [0.25, 0.3) is 0 Å².